The van der Waals surface area contributed by atoms with E-state index in [1.807, 2.05) is 0 Å². The van der Waals surface area contributed by atoms with E-state index < -0.39 is 5.91 Å². The molecule has 0 unspecified atom stereocenters. The van der Waals surface area contributed by atoms with Gasteiger partial charge in [0, 0.05) is 11.8 Å². The maximum atomic E-state index is 11.6. The van der Waals surface area contributed by atoms with Crippen LogP contribution in [0.15, 0.2) is 29.4 Å². The smallest absolute Gasteiger partial charge is 0.272 e. The molecule has 1 heterocycles. The van der Waals surface area contributed by atoms with E-state index in [0.29, 0.717) is 5.69 Å². The summed E-state index contributed by atoms with van der Waals surface area (Å²) >= 11 is 0. The van der Waals surface area contributed by atoms with E-state index in [-0.39, 0.29) is 23.8 Å². The molecule has 0 aliphatic carbocycles. The lowest BCUT2D eigenvalue weighted by Crippen LogP contribution is -2.22. The summed E-state index contributed by atoms with van der Waals surface area (Å²) < 4.78 is 0. The minimum absolute atomic E-state index is 0.0232. The van der Waals surface area contributed by atoms with Crippen LogP contribution in [-0.4, -0.2) is 22.6 Å². The van der Waals surface area contributed by atoms with Crippen molar-refractivity contribution in [2.75, 3.05) is 5.32 Å². The van der Waals surface area contributed by atoms with Crippen LogP contribution < -0.4 is 10.7 Å². The Morgan fingerprint density at radius 1 is 1.50 bits per heavy atom. The Morgan fingerprint density at radius 2 is 2.31 bits per heavy atom. The van der Waals surface area contributed by atoms with Gasteiger partial charge in [0.05, 0.1) is 6.42 Å². The third-order valence-corrected chi connectivity index (χ3v) is 2.01. The zero-order chi connectivity index (χ0) is 11.5. The normalized spacial score (nSPS) is 14.2. The number of nitrogens with zero attached hydrogens (tertiary/aromatic N) is 1. The zero-order valence-corrected chi connectivity index (χ0v) is 8.23. The van der Waals surface area contributed by atoms with Crippen LogP contribution in [0, 0.1) is 0 Å². The van der Waals surface area contributed by atoms with Crippen LogP contribution in [-0.2, 0) is 9.59 Å². The van der Waals surface area contributed by atoms with Crippen LogP contribution in [0.4, 0.5) is 5.69 Å². The lowest BCUT2D eigenvalue weighted by Gasteiger charge is -2.03. The molecule has 0 atom stereocenters. The molecular weight excluding hydrogens is 210 g/mol. The highest BCUT2D eigenvalue weighted by Gasteiger charge is 2.21. The number of hydrogen-bond acceptors (Lipinski definition) is 4. The first-order valence-corrected chi connectivity index (χ1v) is 4.61. The minimum Gasteiger partial charge on any atom is -0.508 e. The van der Waals surface area contributed by atoms with Gasteiger partial charge in [0.1, 0.15) is 11.5 Å². The Hall–Kier alpha value is -2.37. The van der Waals surface area contributed by atoms with Crippen LogP contribution in [0.25, 0.3) is 0 Å². The highest BCUT2D eigenvalue weighted by atomic mass is 16.3. The highest BCUT2D eigenvalue weighted by Crippen LogP contribution is 2.15. The fraction of sp³-hybridized carbons (Fsp3) is 0.100. The van der Waals surface area contributed by atoms with Crippen LogP contribution in [0.1, 0.15) is 6.42 Å². The third kappa shape index (κ3) is 2.17. The molecule has 6 heteroatoms. The Balaban J connectivity index is 2.05. The second kappa shape index (κ2) is 4.01. The summed E-state index contributed by atoms with van der Waals surface area (Å²) in [5, 5.41) is 15.3. The number of phenols is 1. The van der Waals surface area contributed by atoms with Gasteiger partial charge in [-0.15, -0.1) is 0 Å². The average Bonchev–Trinajstić information content (AvgIpc) is 2.65. The van der Waals surface area contributed by atoms with Crippen LogP contribution in [0.2, 0.25) is 0 Å². The molecule has 0 bridgehead atoms. The number of phenolic OH excluding ortho intramolecular Hbond substituents is 1. The molecule has 6 nitrogen and oxygen atoms in total. The van der Waals surface area contributed by atoms with Gasteiger partial charge in [-0.3, -0.25) is 9.59 Å². The molecule has 1 aromatic rings. The van der Waals surface area contributed by atoms with Crippen molar-refractivity contribution in [3.8, 4) is 5.75 Å². The van der Waals surface area contributed by atoms with E-state index in [0.717, 1.165) is 0 Å². The second-order valence-corrected chi connectivity index (χ2v) is 3.27. The maximum absolute atomic E-state index is 11.6. The molecule has 1 aromatic carbocycles. The predicted octanol–water partition coefficient (Wildman–Crippen LogP) is 0.207. The fourth-order valence-corrected chi connectivity index (χ4v) is 1.28. The molecule has 16 heavy (non-hydrogen) atoms. The van der Waals surface area contributed by atoms with E-state index >= 15 is 0 Å². The summed E-state index contributed by atoms with van der Waals surface area (Å²) in [6, 6.07) is 6.13. The average molecular weight is 219 g/mol. The zero-order valence-electron chi connectivity index (χ0n) is 8.23. The molecule has 0 aromatic heterocycles. The first kappa shape index (κ1) is 10.2. The largest absolute Gasteiger partial charge is 0.508 e. The van der Waals surface area contributed by atoms with Crippen molar-refractivity contribution in [2.24, 2.45) is 5.10 Å². The van der Waals surface area contributed by atoms with Gasteiger partial charge in [-0.25, -0.2) is 5.43 Å². The van der Waals surface area contributed by atoms with Crippen LogP contribution >= 0.6 is 0 Å². The Morgan fingerprint density at radius 3 is 2.94 bits per heavy atom. The molecule has 2 rings (SSSR count). The standard InChI is InChI=1S/C10H9N3O3/c14-7-3-1-2-6(4-7)11-10(16)8-5-9(15)13-12-8/h1-4,14H,5H2,(H,11,16)(H,13,15). The van der Waals surface area contributed by atoms with E-state index in [1.165, 1.54) is 12.1 Å². The van der Waals surface area contributed by atoms with E-state index in [9.17, 15) is 14.7 Å². The maximum Gasteiger partial charge on any atom is 0.272 e. The van der Waals surface area contributed by atoms with Gasteiger partial charge in [0.15, 0.2) is 0 Å². The molecule has 1 aliphatic rings. The summed E-state index contributed by atoms with van der Waals surface area (Å²) in [5.41, 5.74) is 2.77. The van der Waals surface area contributed by atoms with Gasteiger partial charge >= 0.3 is 0 Å². The van der Waals surface area contributed by atoms with E-state index in [1.54, 1.807) is 12.1 Å². The fourth-order valence-electron chi connectivity index (χ4n) is 1.28. The van der Waals surface area contributed by atoms with Gasteiger partial charge in [0.2, 0.25) is 5.91 Å². The summed E-state index contributed by atoms with van der Waals surface area (Å²) in [5.74, 6) is -0.703. The number of carbonyl (C=O) groups is 2. The number of aromatic hydroxyl groups is 1. The van der Waals surface area contributed by atoms with Crippen LogP contribution in [0.3, 0.4) is 0 Å². The highest BCUT2D eigenvalue weighted by molar-refractivity contribution is 6.46. The van der Waals surface area contributed by atoms with Crippen molar-refractivity contribution in [3.63, 3.8) is 0 Å². The van der Waals surface area contributed by atoms with Crippen molar-refractivity contribution in [2.45, 2.75) is 6.42 Å². The lowest BCUT2D eigenvalue weighted by molar-refractivity contribution is -0.119. The number of carbonyl (C=O) groups excluding carboxylic acids is 2. The molecule has 0 radical (unpaired) electrons. The molecule has 0 spiro atoms. The molecular formula is C10H9N3O3. The Labute approximate surface area is 91.0 Å². The number of amides is 2. The number of nitrogens with one attached hydrogen (secondary N) is 2. The first-order chi connectivity index (χ1) is 7.65. The van der Waals surface area contributed by atoms with Crippen molar-refractivity contribution in [1.82, 2.24) is 5.43 Å². The molecule has 1 aliphatic heterocycles. The monoisotopic (exact) mass is 219 g/mol. The van der Waals surface area contributed by atoms with Crippen LogP contribution in [0.5, 0.6) is 5.75 Å². The first-order valence-electron chi connectivity index (χ1n) is 4.61. The topological polar surface area (TPSA) is 90.8 Å². The van der Waals surface area contributed by atoms with Gasteiger partial charge in [-0.1, -0.05) is 6.07 Å². The van der Waals surface area contributed by atoms with Gasteiger partial charge in [-0.2, -0.15) is 5.10 Å². The molecule has 2 amide bonds. The van der Waals surface area contributed by atoms with E-state index in [2.05, 4.69) is 15.8 Å². The molecule has 3 N–H and O–H groups in total. The van der Waals surface area contributed by atoms with Crippen molar-refractivity contribution >= 4 is 23.2 Å². The summed E-state index contributed by atoms with van der Waals surface area (Å²) in [6.45, 7) is 0. The lowest BCUT2D eigenvalue weighted by atomic mass is 10.2. The number of anilines is 1. The number of hydrogen-bond donors (Lipinski definition) is 3. The van der Waals surface area contributed by atoms with Gasteiger partial charge < -0.3 is 10.4 Å². The summed E-state index contributed by atoms with van der Waals surface area (Å²) in [6.07, 6.45) is -0.0232. The molecule has 0 fully saturated rings. The van der Waals surface area contributed by atoms with Crippen molar-refractivity contribution in [1.29, 1.82) is 0 Å². The second-order valence-electron chi connectivity index (χ2n) is 3.27. The Bertz CT molecular complexity index is 482. The summed E-state index contributed by atoms with van der Waals surface area (Å²) in [4.78, 5) is 22.4. The Kier molecular flexibility index (Phi) is 2.55. The molecule has 0 saturated carbocycles. The van der Waals surface area contributed by atoms with Crippen molar-refractivity contribution in [3.05, 3.63) is 24.3 Å². The summed E-state index contributed by atoms with van der Waals surface area (Å²) in [7, 11) is 0. The number of benzene rings is 1. The number of hydrazone groups is 1. The molecule has 82 valence electrons. The van der Waals surface area contributed by atoms with Gasteiger partial charge in [0.25, 0.3) is 5.91 Å². The van der Waals surface area contributed by atoms with Crippen molar-refractivity contribution < 1.29 is 14.7 Å². The predicted molar refractivity (Wildman–Crippen MR) is 56.9 cm³/mol. The van der Waals surface area contributed by atoms with E-state index in [4.69, 9.17) is 0 Å². The number of rotatable bonds is 2. The quantitative estimate of drug-likeness (QED) is 0.663. The molecule has 0 saturated heterocycles. The minimum atomic E-state index is -0.455. The van der Waals surface area contributed by atoms with Gasteiger partial charge in [-0.05, 0) is 12.1 Å². The third-order valence-electron chi connectivity index (χ3n) is 2.01. The SMILES string of the molecule is O=C1CC(C(=O)Nc2cccc(O)c2)=NN1.